The first-order chi connectivity index (χ1) is 5.31. The largest absolute Gasteiger partial charge is 0.382 e. The molecular formula is C6H15N3OS. The van der Waals surface area contributed by atoms with E-state index >= 15 is 0 Å². The summed E-state index contributed by atoms with van der Waals surface area (Å²) < 4.78 is 5.11. The Labute approximate surface area is 72.4 Å². The molecule has 4 N–H and O–H groups in total. The van der Waals surface area contributed by atoms with Crippen molar-refractivity contribution >= 4 is 17.3 Å². The van der Waals surface area contributed by atoms with Crippen molar-refractivity contribution in [1.82, 2.24) is 10.7 Å². The maximum atomic E-state index is 5.11. The van der Waals surface area contributed by atoms with Crippen LogP contribution in [0.1, 0.15) is 13.3 Å². The van der Waals surface area contributed by atoms with Crippen LogP contribution < -0.4 is 16.6 Å². The molecule has 0 aromatic rings. The number of nitrogens with two attached hydrogens (primary N) is 1. The Morgan fingerprint density at radius 1 is 1.64 bits per heavy atom. The summed E-state index contributed by atoms with van der Waals surface area (Å²) in [7, 11) is 0. The number of rotatable bonds is 5. The van der Waals surface area contributed by atoms with Crippen molar-refractivity contribution in [3.05, 3.63) is 0 Å². The van der Waals surface area contributed by atoms with E-state index in [-0.39, 0.29) is 0 Å². The zero-order chi connectivity index (χ0) is 8.53. The highest BCUT2D eigenvalue weighted by atomic mass is 32.1. The van der Waals surface area contributed by atoms with Gasteiger partial charge in [-0.05, 0) is 25.6 Å². The van der Waals surface area contributed by atoms with Gasteiger partial charge in [0.25, 0.3) is 0 Å². The fourth-order valence-electron chi connectivity index (χ4n) is 0.572. The van der Waals surface area contributed by atoms with Gasteiger partial charge in [0, 0.05) is 19.8 Å². The first-order valence-corrected chi connectivity index (χ1v) is 4.04. The number of hydrogen-bond donors (Lipinski definition) is 3. The van der Waals surface area contributed by atoms with Crippen LogP contribution in [-0.4, -0.2) is 24.9 Å². The maximum Gasteiger partial charge on any atom is 0.180 e. The minimum atomic E-state index is 0.474. The molecule has 0 unspecified atom stereocenters. The van der Waals surface area contributed by atoms with Crippen molar-refractivity contribution in [2.45, 2.75) is 13.3 Å². The van der Waals surface area contributed by atoms with Crippen LogP contribution in [0.4, 0.5) is 0 Å². The highest BCUT2D eigenvalue weighted by Gasteiger charge is 1.89. The number of hydrazine groups is 1. The molecule has 0 saturated heterocycles. The highest BCUT2D eigenvalue weighted by Crippen LogP contribution is 1.79. The number of ether oxygens (including phenoxy) is 1. The molecule has 0 aromatic carbocycles. The summed E-state index contributed by atoms with van der Waals surface area (Å²) >= 11 is 4.75. The monoisotopic (exact) mass is 177 g/mol. The minimum Gasteiger partial charge on any atom is -0.382 e. The molecule has 0 spiro atoms. The van der Waals surface area contributed by atoms with Crippen LogP contribution in [0.15, 0.2) is 0 Å². The fraction of sp³-hybridized carbons (Fsp3) is 0.833. The molecule has 11 heavy (non-hydrogen) atoms. The van der Waals surface area contributed by atoms with E-state index in [9.17, 15) is 0 Å². The van der Waals surface area contributed by atoms with E-state index in [0.717, 1.165) is 26.2 Å². The molecule has 0 rings (SSSR count). The average molecular weight is 177 g/mol. The Balaban J connectivity index is 2.95. The van der Waals surface area contributed by atoms with Crippen molar-refractivity contribution < 1.29 is 4.74 Å². The van der Waals surface area contributed by atoms with Gasteiger partial charge in [0.1, 0.15) is 0 Å². The zero-order valence-corrected chi connectivity index (χ0v) is 7.54. The van der Waals surface area contributed by atoms with Crippen molar-refractivity contribution in [1.29, 1.82) is 0 Å². The lowest BCUT2D eigenvalue weighted by Gasteiger charge is -2.05. The SMILES string of the molecule is CCOCCCNC(=S)NN. The summed E-state index contributed by atoms with van der Waals surface area (Å²) in [6.07, 6.45) is 0.940. The van der Waals surface area contributed by atoms with Gasteiger partial charge in [-0.3, -0.25) is 0 Å². The normalized spacial score (nSPS) is 9.27. The zero-order valence-electron chi connectivity index (χ0n) is 6.72. The summed E-state index contributed by atoms with van der Waals surface area (Å²) in [5.74, 6) is 5.03. The van der Waals surface area contributed by atoms with Gasteiger partial charge in [0.05, 0.1) is 0 Å². The van der Waals surface area contributed by atoms with Crippen LogP contribution in [0, 0.1) is 0 Å². The molecule has 5 heteroatoms. The molecule has 4 nitrogen and oxygen atoms in total. The Hall–Kier alpha value is -0.390. The third kappa shape index (κ3) is 7.51. The topological polar surface area (TPSA) is 59.3 Å². The third-order valence-corrected chi connectivity index (χ3v) is 1.35. The summed E-state index contributed by atoms with van der Waals surface area (Å²) in [6.45, 7) is 4.29. The van der Waals surface area contributed by atoms with Gasteiger partial charge in [-0.25, -0.2) is 5.84 Å². The van der Waals surface area contributed by atoms with Gasteiger partial charge in [-0.15, -0.1) is 0 Å². The number of hydrogen-bond acceptors (Lipinski definition) is 3. The van der Waals surface area contributed by atoms with Crippen molar-refractivity contribution in [3.63, 3.8) is 0 Å². The molecule has 0 amide bonds. The smallest absolute Gasteiger partial charge is 0.180 e. The second-order valence-corrected chi connectivity index (χ2v) is 2.36. The molecule has 0 aliphatic rings. The molecule has 0 saturated carbocycles. The van der Waals surface area contributed by atoms with Gasteiger partial charge in [0.15, 0.2) is 5.11 Å². The summed E-state index contributed by atoms with van der Waals surface area (Å²) in [5, 5.41) is 3.38. The van der Waals surface area contributed by atoms with Crippen LogP contribution in [0.2, 0.25) is 0 Å². The van der Waals surface area contributed by atoms with Crippen molar-refractivity contribution in [2.75, 3.05) is 19.8 Å². The average Bonchev–Trinajstić information content (AvgIpc) is 2.04. The molecule has 0 bridgehead atoms. The van der Waals surface area contributed by atoms with Gasteiger partial charge >= 0.3 is 0 Å². The third-order valence-electron chi connectivity index (χ3n) is 1.09. The van der Waals surface area contributed by atoms with E-state index in [1.54, 1.807) is 0 Å². The lowest BCUT2D eigenvalue weighted by molar-refractivity contribution is 0.145. The highest BCUT2D eigenvalue weighted by molar-refractivity contribution is 7.80. The number of thiocarbonyl (C=S) groups is 1. The summed E-state index contributed by atoms with van der Waals surface area (Å²) in [6, 6.07) is 0. The molecule has 0 atom stereocenters. The standard InChI is InChI=1S/C6H15N3OS/c1-2-10-5-3-4-8-6(11)9-7/h2-5,7H2,1H3,(H2,8,9,11). The first kappa shape index (κ1) is 10.6. The van der Waals surface area contributed by atoms with E-state index in [2.05, 4.69) is 10.7 Å². The molecule has 0 heterocycles. The van der Waals surface area contributed by atoms with E-state index in [0.29, 0.717) is 5.11 Å². The Kier molecular flexibility index (Phi) is 7.44. The maximum absolute atomic E-state index is 5.11. The second kappa shape index (κ2) is 7.71. The Morgan fingerprint density at radius 3 is 2.91 bits per heavy atom. The van der Waals surface area contributed by atoms with Gasteiger partial charge < -0.3 is 15.5 Å². The quantitative estimate of drug-likeness (QED) is 0.234. The van der Waals surface area contributed by atoms with Crippen LogP contribution in [0.25, 0.3) is 0 Å². The first-order valence-electron chi connectivity index (χ1n) is 3.63. The lowest BCUT2D eigenvalue weighted by Crippen LogP contribution is -2.40. The van der Waals surface area contributed by atoms with Crippen molar-refractivity contribution in [3.8, 4) is 0 Å². The van der Waals surface area contributed by atoms with E-state index in [4.69, 9.17) is 22.8 Å². The van der Waals surface area contributed by atoms with E-state index < -0.39 is 0 Å². The van der Waals surface area contributed by atoms with Crippen LogP contribution >= 0.6 is 12.2 Å². The second-order valence-electron chi connectivity index (χ2n) is 1.95. The van der Waals surface area contributed by atoms with E-state index in [1.807, 2.05) is 6.92 Å². The summed E-state index contributed by atoms with van der Waals surface area (Å²) in [5.41, 5.74) is 2.34. The van der Waals surface area contributed by atoms with Crippen molar-refractivity contribution in [2.24, 2.45) is 5.84 Å². The molecule has 0 radical (unpaired) electrons. The number of nitrogens with one attached hydrogen (secondary N) is 2. The minimum absolute atomic E-state index is 0.474. The van der Waals surface area contributed by atoms with Crippen LogP contribution in [0.3, 0.4) is 0 Å². The molecule has 0 aliphatic carbocycles. The Morgan fingerprint density at radius 2 is 2.36 bits per heavy atom. The van der Waals surface area contributed by atoms with Gasteiger partial charge in [0.2, 0.25) is 0 Å². The fourth-order valence-corrected chi connectivity index (χ4v) is 0.674. The molecule has 0 fully saturated rings. The Bertz CT molecular complexity index is 110. The van der Waals surface area contributed by atoms with E-state index in [1.165, 1.54) is 0 Å². The van der Waals surface area contributed by atoms with Gasteiger partial charge in [-0.2, -0.15) is 0 Å². The van der Waals surface area contributed by atoms with Crippen LogP contribution in [-0.2, 0) is 4.74 Å². The predicted octanol–water partition coefficient (Wildman–Crippen LogP) is -0.249. The molecular weight excluding hydrogens is 162 g/mol. The summed E-state index contributed by atoms with van der Waals surface area (Å²) in [4.78, 5) is 0. The molecule has 0 aromatic heterocycles. The molecule has 0 aliphatic heterocycles. The molecule has 66 valence electrons. The lowest BCUT2D eigenvalue weighted by atomic mass is 10.4. The van der Waals surface area contributed by atoms with Gasteiger partial charge in [-0.1, -0.05) is 0 Å². The predicted molar refractivity (Wildman–Crippen MR) is 49.0 cm³/mol. The van der Waals surface area contributed by atoms with Crippen LogP contribution in [0.5, 0.6) is 0 Å².